The molecule has 0 aliphatic carbocycles. The third-order valence-corrected chi connectivity index (χ3v) is 3.88. The van der Waals surface area contributed by atoms with Crippen LogP contribution in [0.1, 0.15) is 38.9 Å². The molecule has 0 atom stereocenters. The minimum absolute atomic E-state index is 0.390. The van der Waals surface area contributed by atoms with Crippen LogP contribution in [0.5, 0.6) is 0 Å². The minimum atomic E-state index is 0.390. The maximum absolute atomic E-state index is 5.39. The lowest BCUT2D eigenvalue weighted by atomic mass is 10.2. The van der Waals surface area contributed by atoms with Crippen LogP contribution >= 0.6 is 0 Å². The Labute approximate surface area is 128 Å². The Morgan fingerprint density at radius 1 is 1.14 bits per heavy atom. The van der Waals surface area contributed by atoms with Crippen LogP contribution in [0.4, 0.5) is 5.69 Å². The van der Waals surface area contributed by atoms with Crippen LogP contribution in [0, 0.1) is 0 Å². The molecular weight excluding hydrogens is 264 g/mol. The first kappa shape index (κ1) is 16.2. The summed E-state index contributed by atoms with van der Waals surface area (Å²) in [4.78, 5) is 13.8. The van der Waals surface area contributed by atoms with Crippen LogP contribution in [0.15, 0.2) is 12.4 Å². The van der Waals surface area contributed by atoms with Gasteiger partial charge in [-0.1, -0.05) is 13.8 Å². The number of nitrogens with zero attached hydrogens (tertiary/aromatic N) is 4. The van der Waals surface area contributed by atoms with Crippen LogP contribution in [0.2, 0.25) is 0 Å². The molecule has 0 aromatic carbocycles. The summed E-state index contributed by atoms with van der Waals surface area (Å²) in [5.41, 5.74) is 1.15. The van der Waals surface area contributed by atoms with Gasteiger partial charge in [0.05, 0.1) is 18.1 Å². The average Bonchev–Trinajstić information content (AvgIpc) is 2.52. The number of piperazine rings is 1. The Morgan fingerprint density at radius 3 is 2.38 bits per heavy atom. The quantitative estimate of drug-likeness (QED) is 0.720. The Bertz CT molecular complexity index is 399. The van der Waals surface area contributed by atoms with Gasteiger partial charge in [0.2, 0.25) is 0 Å². The largest absolute Gasteiger partial charge is 0.382 e. The summed E-state index contributed by atoms with van der Waals surface area (Å²) < 4.78 is 5.39. The molecule has 1 aliphatic heterocycles. The highest BCUT2D eigenvalue weighted by Crippen LogP contribution is 2.16. The van der Waals surface area contributed by atoms with E-state index in [0.717, 1.165) is 63.9 Å². The van der Waals surface area contributed by atoms with Crippen molar-refractivity contribution in [1.29, 1.82) is 0 Å². The van der Waals surface area contributed by atoms with Gasteiger partial charge < -0.3 is 9.64 Å². The van der Waals surface area contributed by atoms with E-state index in [0.29, 0.717) is 5.92 Å². The van der Waals surface area contributed by atoms with Gasteiger partial charge in [0, 0.05) is 51.9 Å². The smallest absolute Gasteiger partial charge is 0.130 e. The Hall–Kier alpha value is -1.20. The van der Waals surface area contributed by atoms with E-state index in [1.807, 2.05) is 19.3 Å². The lowest BCUT2D eigenvalue weighted by molar-refractivity contribution is 0.130. The van der Waals surface area contributed by atoms with Gasteiger partial charge in [0.1, 0.15) is 5.82 Å². The van der Waals surface area contributed by atoms with Crippen molar-refractivity contribution in [1.82, 2.24) is 14.9 Å². The van der Waals surface area contributed by atoms with E-state index >= 15 is 0 Å². The fourth-order valence-corrected chi connectivity index (χ4v) is 2.56. The van der Waals surface area contributed by atoms with Crippen LogP contribution in [0.3, 0.4) is 0 Å². The fraction of sp³-hybridized carbons (Fsp3) is 0.750. The number of anilines is 1. The summed E-state index contributed by atoms with van der Waals surface area (Å²) in [5, 5.41) is 0. The van der Waals surface area contributed by atoms with E-state index in [1.54, 1.807) is 0 Å². The molecule has 5 nitrogen and oxygen atoms in total. The number of ether oxygens (including phenoxy) is 1. The monoisotopic (exact) mass is 292 g/mol. The summed E-state index contributed by atoms with van der Waals surface area (Å²) in [6.45, 7) is 13.4. The van der Waals surface area contributed by atoms with Crippen molar-refractivity contribution in [3.8, 4) is 0 Å². The first-order valence-corrected chi connectivity index (χ1v) is 8.07. The Morgan fingerprint density at radius 2 is 1.81 bits per heavy atom. The predicted molar refractivity (Wildman–Crippen MR) is 85.9 cm³/mol. The van der Waals surface area contributed by atoms with E-state index in [9.17, 15) is 0 Å². The van der Waals surface area contributed by atoms with Gasteiger partial charge in [-0.15, -0.1) is 0 Å². The second kappa shape index (κ2) is 8.29. The van der Waals surface area contributed by atoms with Crippen LogP contribution in [-0.4, -0.2) is 60.8 Å². The normalized spacial score (nSPS) is 16.7. The van der Waals surface area contributed by atoms with Crippen molar-refractivity contribution >= 4 is 5.69 Å². The zero-order valence-electron chi connectivity index (χ0n) is 13.6. The molecule has 0 saturated carbocycles. The molecule has 1 aliphatic rings. The van der Waals surface area contributed by atoms with Gasteiger partial charge in [-0.05, 0) is 13.3 Å². The summed E-state index contributed by atoms with van der Waals surface area (Å²) in [6, 6.07) is 0. The van der Waals surface area contributed by atoms with E-state index in [-0.39, 0.29) is 0 Å². The molecule has 0 spiro atoms. The van der Waals surface area contributed by atoms with Crippen molar-refractivity contribution < 1.29 is 4.74 Å². The number of rotatable bonds is 7. The second-order valence-electron chi connectivity index (χ2n) is 5.83. The summed E-state index contributed by atoms with van der Waals surface area (Å²) in [6.07, 6.45) is 5.06. The average molecular weight is 292 g/mol. The highest BCUT2D eigenvalue weighted by Gasteiger charge is 2.17. The first-order chi connectivity index (χ1) is 10.2. The van der Waals surface area contributed by atoms with Crippen molar-refractivity contribution in [2.45, 2.75) is 33.1 Å². The minimum Gasteiger partial charge on any atom is -0.382 e. The molecule has 0 amide bonds. The van der Waals surface area contributed by atoms with Gasteiger partial charge in [-0.3, -0.25) is 4.90 Å². The Balaban J connectivity index is 1.75. The van der Waals surface area contributed by atoms with Crippen molar-refractivity contribution in [3.05, 3.63) is 18.2 Å². The molecule has 5 heteroatoms. The molecule has 1 saturated heterocycles. The van der Waals surface area contributed by atoms with Gasteiger partial charge in [0.25, 0.3) is 0 Å². The van der Waals surface area contributed by atoms with E-state index in [2.05, 4.69) is 33.6 Å². The van der Waals surface area contributed by atoms with Gasteiger partial charge in [-0.25, -0.2) is 9.97 Å². The standard InChI is InChI=1S/C16H28N4O/c1-4-21-11-5-6-19-7-9-20(10-8-19)15-12-17-16(14(2)3)18-13-15/h12-14H,4-11H2,1-3H3. The van der Waals surface area contributed by atoms with Crippen LogP contribution < -0.4 is 4.90 Å². The molecule has 21 heavy (non-hydrogen) atoms. The van der Waals surface area contributed by atoms with Crippen LogP contribution in [0.25, 0.3) is 0 Å². The summed E-state index contributed by atoms with van der Waals surface area (Å²) >= 11 is 0. The number of hydrogen-bond acceptors (Lipinski definition) is 5. The highest BCUT2D eigenvalue weighted by molar-refractivity contribution is 5.42. The highest BCUT2D eigenvalue weighted by atomic mass is 16.5. The summed E-state index contributed by atoms with van der Waals surface area (Å²) in [7, 11) is 0. The molecule has 1 aromatic rings. The molecule has 1 fully saturated rings. The molecule has 0 N–H and O–H groups in total. The maximum atomic E-state index is 5.39. The SMILES string of the molecule is CCOCCCN1CCN(c2cnc(C(C)C)nc2)CC1. The molecule has 2 rings (SSSR count). The van der Waals surface area contributed by atoms with E-state index in [4.69, 9.17) is 4.74 Å². The third kappa shape index (κ3) is 4.93. The molecule has 0 bridgehead atoms. The van der Waals surface area contributed by atoms with Crippen molar-refractivity contribution in [2.24, 2.45) is 0 Å². The van der Waals surface area contributed by atoms with E-state index in [1.165, 1.54) is 0 Å². The van der Waals surface area contributed by atoms with Crippen LogP contribution in [-0.2, 0) is 4.74 Å². The zero-order chi connectivity index (χ0) is 15.1. The zero-order valence-corrected chi connectivity index (χ0v) is 13.6. The van der Waals surface area contributed by atoms with Gasteiger partial charge in [0.15, 0.2) is 0 Å². The van der Waals surface area contributed by atoms with Crippen molar-refractivity contribution in [3.63, 3.8) is 0 Å². The number of hydrogen-bond donors (Lipinski definition) is 0. The molecule has 0 radical (unpaired) electrons. The second-order valence-corrected chi connectivity index (χ2v) is 5.83. The molecular formula is C16H28N4O. The number of aromatic nitrogens is 2. The van der Waals surface area contributed by atoms with Gasteiger partial charge >= 0.3 is 0 Å². The Kier molecular flexibility index (Phi) is 6.39. The molecule has 118 valence electrons. The third-order valence-electron chi connectivity index (χ3n) is 3.88. The maximum Gasteiger partial charge on any atom is 0.130 e. The molecule has 1 aromatic heterocycles. The van der Waals surface area contributed by atoms with E-state index < -0.39 is 0 Å². The molecule has 0 unspecified atom stereocenters. The predicted octanol–water partition coefficient (Wildman–Crippen LogP) is 2.15. The topological polar surface area (TPSA) is 41.5 Å². The van der Waals surface area contributed by atoms with Crippen molar-refractivity contribution in [2.75, 3.05) is 50.8 Å². The first-order valence-electron chi connectivity index (χ1n) is 8.07. The molecule has 2 heterocycles. The lowest BCUT2D eigenvalue weighted by Gasteiger charge is -2.35. The van der Waals surface area contributed by atoms with Gasteiger partial charge in [-0.2, -0.15) is 0 Å². The lowest BCUT2D eigenvalue weighted by Crippen LogP contribution is -2.46. The summed E-state index contributed by atoms with van der Waals surface area (Å²) in [5.74, 6) is 1.31. The fourth-order valence-electron chi connectivity index (χ4n) is 2.56.